The number of nitrogen functional groups attached to an aromatic ring is 1. The summed E-state index contributed by atoms with van der Waals surface area (Å²) in [7, 11) is 0. The number of rotatable bonds is 4. The molecule has 0 fully saturated rings. The SMILES string of the molecule is CCNC(=O)C(C)NC(=O)c1cc(N)ccc1C.Cl. The second kappa shape index (κ2) is 7.63. The lowest BCUT2D eigenvalue weighted by atomic mass is 10.1. The van der Waals surface area contributed by atoms with Crippen molar-refractivity contribution in [2.45, 2.75) is 26.8 Å². The summed E-state index contributed by atoms with van der Waals surface area (Å²) in [5, 5.41) is 5.29. The molecule has 1 atom stereocenters. The molecule has 1 unspecified atom stereocenters. The maximum atomic E-state index is 12.0. The van der Waals surface area contributed by atoms with E-state index in [0.717, 1.165) is 5.56 Å². The highest BCUT2D eigenvalue weighted by Crippen LogP contribution is 2.12. The van der Waals surface area contributed by atoms with E-state index < -0.39 is 6.04 Å². The maximum absolute atomic E-state index is 12.0. The molecule has 1 aromatic rings. The van der Waals surface area contributed by atoms with Crippen LogP contribution in [0.15, 0.2) is 18.2 Å². The Kier molecular flexibility index (Phi) is 6.93. The first-order valence-corrected chi connectivity index (χ1v) is 5.90. The molecule has 0 aliphatic rings. The normalized spacial score (nSPS) is 11.1. The highest BCUT2D eigenvalue weighted by Gasteiger charge is 2.17. The summed E-state index contributed by atoms with van der Waals surface area (Å²) in [4.78, 5) is 23.5. The summed E-state index contributed by atoms with van der Waals surface area (Å²) in [6, 6.07) is 4.55. The molecule has 0 aromatic heterocycles. The van der Waals surface area contributed by atoms with Crippen LogP contribution in [0.3, 0.4) is 0 Å². The number of nitrogens with two attached hydrogens (primary N) is 1. The van der Waals surface area contributed by atoms with E-state index in [4.69, 9.17) is 5.73 Å². The van der Waals surface area contributed by atoms with Gasteiger partial charge in [0.25, 0.3) is 5.91 Å². The Morgan fingerprint density at radius 3 is 2.58 bits per heavy atom. The summed E-state index contributed by atoms with van der Waals surface area (Å²) in [5.74, 6) is -0.494. The summed E-state index contributed by atoms with van der Waals surface area (Å²) >= 11 is 0. The largest absolute Gasteiger partial charge is 0.399 e. The number of benzene rings is 1. The van der Waals surface area contributed by atoms with E-state index in [1.54, 1.807) is 25.1 Å². The number of hydrogen-bond donors (Lipinski definition) is 3. The molecule has 106 valence electrons. The van der Waals surface area contributed by atoms with Crippen molar-refractivity contribution in [3.05, 3.63) is 29.3 Å². The van der Waals surface area contributed by atoms with Crippen molar-refractivity contribution in [1.82, 2.24) is 10.6 Å². The smallest absolute Gasteiger partial charge is 0.252 e. The molecule has 6 heteroatoms. The monoisotopic (exact) mass is 285 g/mol. The van der Waals surface area contributed by atoms with Gasteiger partial charge >= 0.3 is 0 Å². The van der Waals surface area contributed by atoms with Crippen molar-refractivity contribution in [2.24, 2.45) is 0 Å². The standard InChI is InChI=1S/C13H19N3O2.ClH/c1-4-15-12(17)9(3)16-13(18)11-7-10(14)6-5-8(11)2;/h5-7,9H,4,14H2,1-3H3,(H,15,17)(H,16,18);1H. The zero-order chi connectivity index (χ0) is 13.7. The Balaban J connectivity index is 0.00000324. The first-order valence-electron chi connectivity index (χ1n) is 5.90. The Hall–Kier alpha value is -1.75. The molecule has 0 bridgehead atoms. The van der Waals surface area contributed by atoms with Crippen LogP contribution in [0.4, 0.5) is 5.69 Å². The average Bonchev–Trinajstić information content (AvgIpc) is 2.32. The zero-order valence-electron chi connectivity index (χ0n) is 11.3. The van der Waals surface area contributed by atoms with Gasteiger partial charge in [0.1, 0.15) is 6.04 Å². The van der Waals surface area contributed by atoms with Gasteiger partial charge in [-0.3, -0.25) is 9.59 Å². The molecular weight excluding hydrogens is 266 g/mol. The topological polar surface area (TPSA) is 84.2 Å². The van der Waals surface area contributed by atoms with E-state index >= 15 is 0 Å². The van der Waals surface area contributed by atoms with Crippen LogP contribution in [0.5, 0.6) is 0 Å². The van der Waals surface area contributed by atoms with Crippen LogP contribution in [-0.2, 0) is 4.79 Å². The fourth-order valence-corrected chi connectivity index (χ4v) is 1.55. The van der Waals surface area contributed by atoms with Gasteiger partial charge in [-0.1, -0.05) is 6.07 Å². The summed E-state index contributed by atoms with van der Waals surface area (Å²) in [6.45, 7) is 5.83. The number of aryl methyl sites for hydroxylation is 1. The number of carbonyl (C=O) groups excluding carboxylic acids is 2. The third-order valence-electron chi connectivity index (χ3n) is 2.60. The number of likely N-dealkylation sites (N-methyl/N-ethyl adjacent to an activating group) is 1. The van der Waals surface area contributed by atoms with Gasteiger partial charge in [0.05, 0.1) is 0 Å². The third-order valence-corrected chi connectivity index (χ3v) is 2.60. The van der Waals surface area contributed by atoms with Crippen molar-refractivity contribution >= 4 is 29.9 Å². The Bertz CT molecular complexity index is 463. The quantitative estimate of drug-likeness (QED) is 0.728. The first-order chi connectivity index (χ1) is 8.45. The summed E-state index contributed by atoms with van der Waals surface area (Å²) < 4.78 is 0. The zero-order valence-corrected chi connectivity index (χ0v) is 12.1. The minimum absolute atomic E-state index is 0. The van der Waals surface area contributed by atoms with Gasteiger partial charge in [-0.25, -0.2) is 0 Å². The first kappa shape index (κ1) is 17.2. The van der Waals surface area contributed by atoms with Gasteiger partial charge in [0.15, 0.2) is 0 Å². The number of nitrogens with one attached hydrogen (secondary N) is 2. The Morgan fingerprint density at radius 2 is 2.00 bits per heavy atom. The van der Waals surface area contributed by atoms with Crippen molar-refractivity contribution < 1.29 is 9.59 Å². The number of halogens is 1. The lowest BCUT2D eigenvalue weighted by molar-refractivity contribution is -0.122. The molecule has 0 spiro atoms. The van der Waals surface area contributed by atoms with Crippen LogP contribution < -0.4 is 16.4 Å². The Labute approximate surface area is 119 Å². The van der Waals surface area contributed by atoms with Crippen LogP contribution in [0.2, 0.25) is 0 Å². The molecule has 5 nitrogen and oxygen atoms in total. The van der Waals surface area contributed by atoms with Crippen molar-refractivity contribution in [2.75, 3.05) is 12.3 Å². The Morgan fingerprint density at radius 1 is 1.37 bits per heavy atom. The predicted molar refractivity (Wildman–Crippen MR) is 78.5 cm³/mol. The van der Waals surface area contributed by atoms with Crippen molar-refractivity contribution in [3.8, 4) is 0 Å². The highest BCUT2D eigenvalue weighted by atomic mass is 35.5. The van der Waals surface area contributed by atoms with Crippen molar-refractivity contribution in [3.63, 3.8) is 0 Å². The molecule has 0 aliphatic heterocycles. The minimum atomic E-state index is -0.571. The van der Waals surface area contributed by atoms with E-state index in [-0.39, 0.29) is 24.2 Å². The van der Waals surface area contributed by atoms with E-state index in [9.17, 15) is 9.59 Å². The summed E-state index contributed by atoms with van der Waals surface area (Å²) in [5.41, 5.74) is 7.48. The molecule has 1 rings (SSSR count). The molecule has 19 heavy (non-hydrogen) atoms. The molecule has 0 heterocycles. The molecule has 2 amide bonds. The van der Waals surface area contributed by atoms with Crippen LogP contribution in [0.25, 0.3) is 0 Å². The predicted octanol–water partition coefficient (Wildman–Crippen LogP) is 1.25. The van der Waals surface area contributed by atoms with Gasteiger partial charge in [-0.15, -0.1) is 12.4 Å². The fourth-order valence-electron chi connectivity index (χ4n) is 1.55. The van der Waals surface area contributed by atoms with Gasteiger partial charge in [0.2, 0.25) is 5.91 Å². The van der Waals surface area contributed by atoms with Gasteiger partial charge in [-0.05, 0) is 38.5 Å². The molecule has 0 aliphatic carbocycles. The highest BCUT2D eigenvalue weighted by molar-refractivity contribution is 5.99. The summed E-state index contributed by atoms with van der Waals surface area (Å²) in [6.07, 6.45) is 0. The van der Waals surface area contributed by atoms with Crippen LogP contribution in [0, 0.1) is 6.92 Å². The van der Waals surface area contributed by atoms with Crippen LogP contribution in [-0.4, -0.2) is 24.4 Å². The van der Waals surface area contributed by atoms with Gasteiger partial charge in [0, 0.05) is 17.8 Å². The number of carbonyl (C=O) groups is 2. The van der Waals surface area contributed by atoms with Crippen LogP contribution in [0.1, 0.15) is 29.8 Å². The lowest BCUT2D eigenvalue weighted by Crippen LogP contribution is -2.44. The van der Waals surface area contributed by atoms with Gasteiger partial charge in [-0.2, -0.15) is 0 Å². The van der Waals surface area contributed by atoms with Crippen molar-refractivity contribution in [1.29, 1.82) is 0 Å². The van der Waals surface area contributed by atoms with E-state index in [1.165, 1.54) is 0 Å². The average molecular weight is 286 g/mol. The van der Waals surface area contributed by atoms with E-state index in [0.29, 0.717) is 17.8 Å². The molecule has 1 aromatic carbocycles. The second-order valence-corrected chi connectivity index (χ2v) is 4.16. The number of amides is 2. The molecule has 4 N–H and O–H groups in total. The fraction of sp³-hybridized carbons (Fsp3) is 0.385. The third kappa shape index (κ3) is 4.79. The lowest BCUT2D eigenvalue weighted by Gasteiger charge is -2.14. The van der Waals surface area contributed by atoms with E-state index in [1.807, 2.05) is 13.8 Å². The van der Waals surface area contributed by atoms with Crippen LogP contribution >= 0.6 is 12.4 Å². The second-order valence-electron chi connectivity index (χ2n) is 4.16. The molecular formula is C13H20ClN3O2. The number of hydrogen-bond acceptors (Lipinski definition) is 3. The molecule has 0 saturated carbocycles. The maximum Gasteiger partial charge on any atom is 0.252 e. The minimum Gasteiger partial charge on any atom is -0.399 e. The molecule has 0 saturated heterocycles. The van der Waals surface area contributed by atoms with Gasteiger partial charge < -0.3 is 16.4 Å². The molecule has 0 radical (unpaired) electrons. The van der Waals surface area contributed by atoms with E-state index in [2.05, 4.69) is 10.6 Å². The number of anilines is 1.